The van der Waals surface area contributed by atoms with Crippen LogP contribution in [-0.2, 0) is 16.0 Å². The number of rotatable bonds is 7. The Morgan fingerprint density at radius 3 is 2.65 bits per heavy atom. The first-order valence-electron chi connectivity index (χ1n) is 6.72. The quantitative estimate of drug-likeness (QED) is 0.750. The first-order chi connectivity index (χ1) is 9.49. The second kappa shape index (κ2) is 7.53. The van der Waals surface area contributed by atoms with Gasteiger partial charge in [-0.1, -0.05) is 19.1 Å². The maximum absolute atomic E-state index is 12.2. The van der Waals surface area contributed by atoms with Gasteiger partial charge >= 0.3 is 11.9 Å². The van der Waals surface area contributed by atoms with Crippen LogP contribution in [0.5, 0.6) is 0 Å². The molecule has 0 bridgehead atoms. The average molecular weight is 279 g/mol. The minimum Gasteiger partial charge on any atom is -0.481 e. The van der Waals surface area contributed by atoms with Gasteiger partial charge in [0, 0.05) is 19.2 Å². The lowest BCUT2D eigenvalue weighted by atomic mass is 10.0. The first kappa shape index (κ1) is 16.0. The molecule has 2 N–H and O–H groups in total. The number of carbonyl (C=O) groups excluding carboxylic acids is 1. The maximum Gasteiger partial charge on any atom is 0.340 e. The highest BCUT2D eigenvalue weighted by molar-refractivity contribution is 5.97. The summed E-state index contributed by atoms with van der Waals surface area (Å²) in [5, 5.41) is 11.7. The van der Waals surface area contributed by atoms with Crippen LogP contribution in [0.4, 0.5) is 5.69 Å². The van der Waals surface area contributed by atoms with E-state index in [2.05, 4.69) is 5.32 Å². The summed E-state index contributed by atoms with van der Waals surface area (Å²) >= 11 is 0. The molecular weight excluding hydrogens is 258 g/mol. The van der Waals surface area contributed by atoms with Gasteiger partial charge in [0.2, 0.25) is 0 Å². The standard InChI is InChI=1S/C15H21NO4/c1-4-10(2)20-15(19)14-11(8-9-13(17)18)6-5-7-12(14)16-3/h5-7,10,16H,4,8-9H2,1-3H3,(H,17,18). The predicted molar refractivity (Wildman–Crippen MR) is 77.1 cm³/mol. The van der Waals surface area contributed by atoms with Gasteiger partial charge in [0.05, 0.1) is 11.7 Å². The van der Waals surface area contributed by atoms with E-state index in [1.54, 1.807) is 25.2 Å². The van der Waals surface area contributed by atoms with Crippen molar-refractivity contribution in [2.45, 2.75) is 39.2 Å². The zero-order valence-corrected chi connectivity index (χ0v) is 12.1. The summed E-state index contributed by atoms with van der Waals surface area (Å²) in [6, 6.07) is 5.33. The van der Waals surface area contributed by atoms with E-state index in [0.717, 1.165) is 6.42 Å². The Balaban J connectivity index is 3.05. The van der Waals surface area contributed by atoms with E-state index in [-0.39, 0.29) is 12.5 Å². The Bertz CT molecular complexity index is 485. The summed E-state index contributed by atoms with van der Waals surface area (Å²) in [7, 11) is 1.72. The van der Waals surface area contributed by atoms with Crippen LogP contribution >= 0.6 is 0 Å². The van der Waals surface area contributed by atoms with Crippen LogP contribution in [-0.4, -0.2) is 30.2 Å². The molecule has 1 unspecified atom stereocenters. The highest BCUT2D eigenvalue weighted by Crippen LogP contribution is 2.23. The van der Waals surface area contributed by atoms with Gasteiger partial charge in [0.1, 0.15) is 0 Å². The van der Waals surface area contributed by atoms with Gasteiger partial charge in [-0.25, -0.2) is 4.79 Å². The van der Waals surface area contributed by atoms with E-state index < -0.39 is 11.9 Å². The molecule has 110 valence electrons. The lowest BCUT2D eigenvalue weighted by Crippen LogP contribution is -2.17. The van der Waals surface area contributed by atoms with Crippen molar-refractivity contribution in [2.75, 3.05) is 12.4 Å². The summed E-state index contributed by atoms with van der Waals surface area (Å²) in [5.41, 5.74) is 1.77. The molecule has 0 saturated carbocycles. The van der Waals surface area contributed by atoms with Crippen LogP contribution in [0.1, 0.15) is 42.6 Å². The van der Waals surface area contributed by atoms with Gasteiger partial charge in [0.25, 0.3) is 0 Å². The summed E-state index contributed by atoms with van der Waals surface area (Å²) < 4.78 is 5.35. The molecule has 0 aliphatic heterocycles. The molecule has 1 aromatic carbocycles. The Hall–Kier alpha value is -2.04. The lowest BCUT2D eigenvalue weighted by Gasteiger charge is -2.16. The minimum atomic E-state index is -0.888. The average Bonchev–Trinajstić information content (AvgIpc) is 2.44. The number of carboxylic acids is 1. The second-order valence-corrected chi connectivity index (χ2v) is 4.61. The highest BCUT2D eigenvalue weighted by atomic mass is 16.5. The third-order valence-electron chi connectivity index (χ3n) is 3.12. The third-order valence-corrected chi connectivity index (χ3v) is 3.12. The molecule has 1 rings (SSSR count). The number of anilines is 1. The first-order valence-corrected chi connectivity index (χ1v) is 6.72. The van der Waals surface area contributed by atoms with Crippen LogP contribution in [0.2, 0.25) is 0 Å². The number of benzene rings is 1. The van der Waals surface area contributed by atoms with Crippen LogP contribution in [0.15, 0.2) is 18.2 Å². The van der Waals surface area contributed by atoms with Crippen molar-refractivity contribution in [3.63, 3.8) is 0 Å². The fourth-order valence-corrected chi connectivity index (χ4v) is 1.82. The Morgan fingerprint density at radius 1 is 1.40 bits per heavy atom. The molecule has 0 aromatic heterocycles. The van der Waals surface area contributed by atoms with E-state index in [4.69, 9.17) is 9.84 Å². The zero-order chi connectivity index (χ0) is 15.1. The van der Waals surface area contributed by atoms with Crippen molar-refractivity contribution in [3.8, 4) is 0 Å². The second-order valence-electron chi connectivity index (χ2n) is 4.61. The molecule has 0 spiro atoms. The normalized spacial score (nSPS) is 11.8. The van der Waals surface area contributed by atoms with E-state index in [1.165, 1.54) is 0 Å². The fraction of sp³-hybridized carbons (Fsp3) is 0.467. The Morgan fingerprint density at radius 2 is 2.10 bits per heavy atom. The van der Waals surface area contributed by atoms with E-state index in [9.17, 15) is 9.59 Å². The van der Waals surface area contributed by atoms with Crippen LogP contribution in [0.25, 0.3) is 0 Å². The third kappa shape index (κ3) is 4.26. The number of aliphatic carboxylic acids is 1. The molecule has 0 radical (unpaired) electrons. The molecule has 0 aliphatic rings. The Kier molecular flexibility index (Phi) is 6.03. The zero-order valence-electron chi connectivity index (χ0n) is 12.1. The number of hydrogen-bond acceptors (Lipinski definition) is 4. The topological polar surface area (TPSA) is 75.6 Å². The van der Waals surface area contributed by atoms with E-state index in [0.29, 0.717) is 23.2 Å². The molecule has 0 saturated heterocycles. The summed E-state index contributed by atoms with van der Waals surface area (Å²) in [6.07, 6.45) is 0.851. The Labute approximate surface area is 118 Å². The van der Waals surface area contributed by atoms with Gasteiger partial charge in [0.15, 0.2) is 0 Å². The molecule has 0 amide bonds. The van der Waals surface area contributed by atoms with Crippen molar-refractivity contribution in [1.82, 2.24) is 0 Å². The molecule has 1 atom stereocenters. The number of nitrogens with one attached hydrogen (secondary N) is 1. The number of hydrogen-bond donors (Lipinski definition) is 2. The van der Waals surface area contributed by atoms with Crippen LogP contribution in [0, 0.1) is 0 Å². The minimum absolute atomic E-state index is 0.0171. The number of esters is 1. The SMILES string of the molecule is CCC(C)OC(=O)c1c(CCC(=O)O)cccc1NC. The maximum atomic E-state index is 12.2. The summed E-state index contributed by atoms with van der Waals surface area (Å²) in [5.74, 6) is -1.30. The molecule has 5 heteroatoms. The van der Waals surface area contributed by atoms with Crippen molar-refractivity contribution in [3.05, 3.63) is 29.3 Å². The number of ether oxygens (including phenoxy) is 1. The van der Waals surface area contributed by atoms with E-state index in [1.807, 2.05) is 13.8 Å². The molecule has 20 heavy (non-hydrogen) atoms. The molecule has 1 aromatic rings. The highest BCUT2D eigenvalue weighted by Gasteiger charge is 2.19. The molecular formula is C15H21NO4. The molecule has 0 aliphatic carbocycles. The van der Waals surface area contributed by atoms with Crippen molar-refractivity contribution >= 4 is 17.6 Å². The smallest absolute Gasteiger partial charge is 0.340 e. The molecule has 0 fully saturated rings. The van der Waals surface area contributed by atoms with Gasteiger partial charge in [-0.15, -0.1) is 0 Å². The predicted octanol–water partition coefficient (Wildman–Crippen LogP) is 2.70. The van der Waals surface area contributed by atoms with Gasteiger partial charge in [-0.3, -0.25) is 4.79 Å². The van der Waals surface area contributed by atoms with E-state index >= 15 is 0 Å². The van der Waals surface area contributed by atoms with Gasteiger partial charge < -0.3 is 15.2 Å². The number of carbonyl (C=O) groups is 2. The fourth-order valence-electron chi connectivity index (χ4n) is 1.82. The van der Waals surface area contributed by atoms with Crippen molar-refractivity contribution in [2.24, 2.45) is 0 Å². The van der Waals surface area contributed by atoms with Gasteiger partial charge in [-0.05, 0) is 31.4 Å². The lowest BCUT2D eigenvalue weighted by molar-refractivity contribution is -0.136. The number of carboxylic acid groups (broad SMARTS) is 1. The van der Waals surface area contributed by atoms with Crippen LogP contribution < -0.4 is 5.32 Å². The van der Waals surface area contributed by atoms with Crippen molar-refractivity contribution in [1.29, 1.82) is 0 Å². The largest absolute Gasteiger partial charge is 0.481 e. The number of aryl methyl sites for hydroxylation is 1. The van der Waals surface area contributed by atoms with Crippen molar-refractivity contribution < 1.29 is 19.4 Å². The summed E-state index contributed by atoms with van der Waals surface area (Å²) in [6.45, 7) is 3.77. The van der Waals surface area contributed by atoms with Gasteiger partial charge in [-0.2, -0.15) is 0 Å². The molecule has 0 heterocycles. The molecule has 5 nitrogen and oxygen atoms in total. The monoisotopic (exact) mass is 279 g/mol. The van der Waals surface area contributed by atoms with Crippen LogP contribution in [0.3, 0.4) is 0 Å². The summed E-state index contributed by atoms with van der Waals surface area (Å²) in [4.78, 5) is 23.0.